The first-order valence-electron chi connectivity index (χ1n) is 7.69. The number of rotatable bonds is 6. The first kappa shape index (κ1) is 12.7. The Morgan fingerprint density at radius 1 is 1.16 bits per heavy atom. The Bertz CT molecular complexity index is 422. The van der Waals surface area contributed by atoms with Gasteiger partial charge in [-0.05, 0) is 31.6 Å². The van der Waals surface area contributed by atoms with Crippen molar-refractivity contribution in [3.8, 4) is 0 Å². The Labute approximate surface area is 115 Å². The van der Waals surface area contributed by atoms with Crippen molar-refractivity contribution >= 4 is 11.6 Å². The molecule has 0 saturated heterocycles. The zero-order valence-corrected chi connectivity index (χ0v) is 11.6. The van der Waals surface area contributed by atoms with E-state index in [1.807, 2.05) is 6.07 Å². The van der Waals surface area contributed by atoms with Crippen LogP contribution < -0.4 is 11.1 Å². The predicted octanol–water partition coefficient (Wildman–Crippen LogP) is 3.32. The fourth-order valence-electron chi connectivity index (χ4n) is 3.01. The summed E-state index contributed by atoms with van der Waals surface area (Å²) in [6, 6.07) is 1.85. The minimum absolute atomic E-state index is 0.558. The maximum absolute atomic E-state index is 5.84. The van der Waals surface area contributed by atoms with Gasteiger partial charge in [-0.3, -0.25) is 0 Å². The van der Waals surface area contributed by atoms with Gasteiger partial charge >= 0.3 is 0 Å². The van der Waals surface area contributed by atoms with Gasteiger partial charge in [0.25, 0.3) is 0 Å². The van der Waals surface area contributed by atoms with Gasteiger partial charge in [0.2, 0.25) is 0 Å². The lowest BCUT2D eigenvalue weighted by atomic mass is 10.0. The molecule has 0 atom stereocenters. The molecule has 4 nitrogen and oxygen atoms in total. The Kier molecular flexibility index (Phi) is 3.85. The highest BCUT2D eigenvalue weighted by Crippen LogP contribution is 2.38. The molecule has 0 aromatic carbocycles. The molecule has 19 heavy (non-hydrogen) atoms. The Hall–Kier alpha value is -1.32. The lowest BCUT2D eigenvalue weighted by molar-refractivity contribution is 0.491. The molecule has 0 unspecified atom stereocenters. The van der Waals surface area contributed by atoms with Crippen LogP contribution in [0.2, 0.25) is 0 Å². The van der Waals surface area contributed by atoms with Crippen LogP contribution in [0.25, 0.3) is 0 Å². The number of nitrogens with two attached hydrogens (primary N) is 1. The fourth-order valence-corrected chi connectivity index (χ4v) is 3.01. The van der Waals surface area contributed by atoms with E-state index in [1.54, 1.807) is 0 Å². The van der Waals surface area contributed by atoms with Crippen LogP contribution in [-0.4, -0.2) is 16.5 Å². The van der Waals surface area contributed by atoms with E-state index in [0.29, 0.717) is 11.7 Å². The maximum Gasteiger partial charge on any atom is 0.136 e. The lowest BCUT2D eigenvalue weighted by Crippen LogP contribution is -2.08. The summed E-state index contributed by atoms with van der Waals surface area (Å²) in [6.07, 6.45) is 10.8. The monoisotopic (exact) mass is 260 g/mol. The van der Waals surface area contributed by atoms with Crippen LogP contribution in [0, 0.1) is 5.92 Å². The van der Waals surface area contributed by atoms with Gasteiger partial charge in [-0.2, -0.15) is 0 Å². The SMILES string of the molecule is Nc1cc(NCCCC2CCCC2)nc(C2CC2)n1. The average Bonchev–Trinajstić information content (AvgIpc) is 3.12. The van der Waals surface area contributed by atoms with E-state index in [0.717, 1.165) is 24.1 Å². The molecule has 1 aromatic heterocycles. The zero-order valence-electron chi connectivity index (χ0n) is 11.6. The lowest BCUT2D eigenvalue weighted by Gasteiger charge is -2.10. The molecule has 0 amide bonds. The first-order valence-corrected chi connectivity index (χ1v) is 7.69. The molecule has 0 spiro atoms. The van der Waals surface area contributed by atoms with Crippen molar-refractivity contribution in [1.29, 1.82) is 0 Å². The number of nitrogens with one attached hydrogen (secondary N) is 1. The number of hydrogen-bond acceptors (Lipinski definition) is 4. The second kappa shape index (κ2) is 5.76. The summed E-state index contributed by atoms with van der Waals surface area (Å²) in [5.74, 6) is 3.95. The van der Waals surface area contributed by atoms with Crippen molar-refractivity contribution in [3.05, 3.63) is 11.9 Å². The average molecular weight is 260 g/mol. The van der Waals surface area contributed by atoms with Crippen LogP contribution >= 0.6 is 0 Å². The molecule has 2 fully saturated rings. The molecule has 0 bridgehead atoms. The van der Waals surface area contributed by atoms with E-state index in [1.165, 1.54) is 51.4 Å². The standard InChI is InChI=1S/C15H24N4/c16-13-10-14(19-15(18-13)12-7-8-12)17-9-3-6-11-4-1-2-5-11/h10-12H,1-9H2,(H3,16,17,18,19). The van der Waals surface area contributed by atoms with Gasteiger partial charge in [0, 0.05) is 18.5 Å². The molecule has 2 aliphatic carbocycles. The second-order valence-corrected chi connectivity index (χ2v) is 6.03. The second-order valence-electron chi connectivity index (χ2n) is 6.03. The van der Waals surface area contributed by atoms with E-state index < -0.39 is 0 Å². The van der Waals surface area contributed by atoms with Crippen molar-refractivity contribution in [2.24, 2.45) is 5.92 Å². The molecule has 104 valence electrons. The summed E-state index contributed by atoms with van der Waals surface area (Å²) < 4.78 is 0. The highest BCUT2D eigenvalue weighted by Gasteiger charge is 2.27. The molecule has 4 heteroatoms. The minimum Gasteiger partial charge on any atom is -0.384 e. The third kappa shape index (κ3) is 3.58. The van der Waals surface area contributed by atoms with E-state index in [9.17, 15) is 0 Å². The Morgan fingerprint density at radius 2 is 1.95 bits per heavy atom. The van der Waals surface area contributed by atoms with Crippen LogP contribution in [0.4, 0.5) is 11.6 Å². The van der Waals surface area contributed by atoms with Gasteiger partial charge in [-0.15, -0.1) is 0 Å². The Morgan fingerprint density at radius 3 is 2.68 bits per heavy atom. The number of nitrogen functional groups attached to an aromatic ring is 1. The molecule has 0 aliphatic heterocycles. The molecule has 0 radical (unpaired) electrons. The summed E-state index contributed by atoms with van der Waals surface area (Å²) >= 11 is 0. The number of nitrogens with zero attached hydrogens (tertiary/aromatic N) is 2. The number of anilines is 2. The van der Waals surface area contributed by atoms with Crippen molar-refractivity contribution in [3.63, 3.8) is 0 Å². The summed E-state index contributed by atoms with van der Waals surface area (Å²) in [4.78, 5) is 8.88. The number of aromatic nitrogens is 2. The van der Waals surface area contributed by atoms with Gasteiger partial charge in [0.1, 0.15) is 17.5 Å². The van der Waals surface area contributed by atoms with Crippen molar-refractivity contribution < 1.29 is 0 Å². The molecule has 3 N–H and O–H groups in total. The zero-order chi connectivity index (χ0) is 13.1. The largest absolute Gasteiger partial charge is 0.384 e. The van der Waals surface area contributed by atoms with Crippen LogP contribution in [0.3, 0.4) is 0 Å². The summed E-state index contributed by atoms with van der Waals surface area (Å²) in [5, 5.41) is 3.40. The minimum atomic E-state index is 0.558. The normalized spacial score (nSPS) is 19.8. The van der Waals surface area contributed by atoms with Crippen molar-refractivity contribution in [1.82, 2.24) is 9.97 Å². The quantitative estimate of drug-likeness (QED) is 0.770. The molecule has 1 aromatic rings. The smallest absolute Gasteiger partial charge is 0.136 e. The molecule has 1 heterocycles. The maximum atomic E-state index is 5.84. The highest BCUT2D eigenvalue weighted by molar-refractivity contribution is 5.45. The van der Waals surface area contributed by atoms with Crippen molar-refractivity contribution in [2.75, 3.05) is 17.6 Å². The van der Waals surface area contributed by atoms with Crippen LogP contribution in [0.1, 0.15) is 63.1 Å². The molecular formula is C15H24N4. The van der Waals surface area contributed by atoms with Gasteiger partial charge in [0.15, 0.2) is 0 Å². The number of hydrogen-bond donors (Lipinski definition) is 2. The van der Waals surface area contributed by atoms with Crippen LogP contribution in [0.15, 0.2) is 6.07 Å². The summed E-state index contributed by atoms with van der Waals surface area (Å²) in [6.45, 7) is 0.997. The molecular weight excluding hydrogens is 236 g/mol. The van der Waals surface area contributed by atoms with E-state index >= 15 is 0 Å². The fraction of sp³-hybridized carbons (Fsp3) is 0.733. The first-order chi connectivity index (χ1) is 9.31. The predicted molar refractivity (Wildman–Crippen MR) is 78.1 cm³/mol. The summed E-state index contributed by atoms with van der Waals surface area (Å²) in [5.41, 5.74) is 5.84. The highest BCUT2D eigenvalue weighted by atomic mass is 15.1. The van der Waals surface area contributed by atoms with Gasteiger partial charge in [-0.25, -0.2) is 9.97 Å². The molecule has 2 saturated carbocycles. The third-order valence-corrected chi connectivity index (χ3v) is 4.28. The van der Waals surface area contributed by atoms with E-state index in [2.05, 4.69) is 15.3 Å². The molecule has 2 aliphatic rings. The summed E-state index contributed by atoms with van der Waals surface area (Å²) in [7, 11) is 0. The van der Waals surface area contributed by atoms with E-state index in [-0.39, 0.29) is 0 Å². The topological polar surface area (TPSA) is 63.8 Å². The van der Waals surface area contributed by atoms with Crippen molar-refractivity contribution in [2.45, 2.75) is 57.3 Å². The van der Waals surface area contributed by atoms with Gasteiger partial charge < -0.3 is 11.1 Å². The van der Waals surface area contributed by atoms with Gasteiger partial charge in [-0.1, -0.05) is 25.7 Å². The third-order valence-electron chi connectivity index (χ3n) is 4.28. The van der Waals surface area contributed by atoms with E-state index in [4.69, 9.17) is 5.73 Å². The van der Waals surface area contributed by atoms with Crippen LogP contribution in [0.5, 0.6) is 0 Å². The van der Waals surface area contributed by atoms with Gasteiger partial charge in [0.05, 0.1) is 0 Å². The van der Waals surface area contributed by atoms with Crippen LogP contribution in [-0.2, 0) is 0 Å². The Balaban J connectivity index is 1.46. The molecule has 3 rings (SSSR count).